The summed E-state index contributed by atoms with van der Waals surface area (Å²) >= 11 is 0. The Bertz CT molecular complexity index is 529. The number of benzene rings is 1. The van der Waals surface area contributed by atoms with Crippen molar-refractivity contribution in [3.63, 3.8) is 0 Å². The highest BCUT2D eigenvalue weighted by atomic mass is 32.2. The van der Waals surface area contributed by atoms with Gasteiger partial charge in [0.2, 0.25) is 10.0 Å². The number of hydrogen-bond acceptors (Lipinski definition) is 4. The van der Waals surface area contributed by atoms with Gasteiger partial charge in [-0.3, -0.25) is 0 Å². The fraction of sp³-hybridized carbons (Fsp3) is 0.571. The van der Waals surface area contributed by atoms with Gasteiger partial charge in [0.1, 0.15) is 4.90 Å². The van der Waals surface area contributed by atoms with Crippen molar-refractivity contribution in [3.8, 4) is 0 Å². The highest BCUT2D eigenvalue weighted by molar-refractivity contribution is 7.89. The first-order chi connectivity index (χ1) is 9.38. The second-order valence-corrected chi connectivity index (χ2v) is 6.62. The zero-order chi connectivity index (χ0) is 15.2. The molecule has 5 nitrogen and oxygen atoms in total. The predicted octanol–water partition coefficient (Wildman–Crippen LogP) is 2.54. The monoisotopic (exact) mass is 299 g/mol. The van der Waals surface area contributed by atoms with Gasteiger partial charge < -0.3 is 11.1 Å². The van der Waals surface area contributed by atoms with Crippen molar-refractivity contribution in [1.82, 2.24) is 0 Å². The summed E-state index contributed by atoms with van der Waals surface area (Å²) in [5, 5.41) is 8.39. The Labute approximate surface area is 121 Å². The van der Waals surface area contributed by atoms with Gasteiger partial charge in [-0.25, -0.2) is 13.6 Å². The second-order valence-electron chi connectivity index (χ2n) is 5.10. The van der Waals surface area contributed by atoms with Crippen LogP contribution in [0.15, 0.2) is 23.1 Å². The molecule has 0 saturated carbocycles. The lowest BCUT2D eigenvalue weighted by atomic mass is 9.99. The molecule has 0 bridgehead atoms. The van der Waals surface area contributed by atoms with E-state index in [4.69, 9.17) is 10.9 Å². The third-order valence-corrected chi connectivity index (χ3v) is 4.44. The van der Waals surface area contributed by atoms with Crippen molar-refractivity contribution < 1.29 is 8.42 Å². The molecule has 0 heterocycles. The number of nitrogen functional groups attached to an aromatic ring is 1. The van der Waals surface area contributed by atoms with Crippen molar-refractivity contribution in [1.29, 1.82) is 0 Å². The maximum absolute atomic E-state index is 11.3. The zero-order valence-corrected chi connectivity index (χ0v) is 13.0. The number of nitrogens with one attached hydrogen (secondary N) is 1. The topological polar surface area (TPSA) is 98.2 Å². The Hall–Kier alpha value is -1.27. The lowest BCUT2D eigenvalue weighted by Gasteiger charge is -2.16. The van der Waals surface area contributed by atoms with Gasteiger partial charge >= 0.3 is 0 Å². The molecule has 0 spiro atoms. The summed E-state index contributed by atoms with van der Waals surface area (Å²) in [6.45, 7) is 5.23. The minimum atomic E-state index is -3.75. The highest BCUT2D eigenvalue weighted by Gasteiger charge is 2.12. The number of anilines is 2. The van der Waals surface area contributed by atoms with E-state index in [-0.39, 0.29) is 10.6 Å². The average Bonchev–Trinajstić information content (AvgIpc) is 2.37. The second kappa shape index (κ2) is 7.50. The number of unbranched alkanes of at least 4 members (excludes halogenated alkanes) is 1. The largest absolute Gasteiger partial charge is 0.398 e. The van der Waals surface area contributed by atoms with Gasteiger partial charge in [0.25, 0.3) is 0 Å². The van der Waals surface area contributed by atoms with Gasteiger partial charge in [-0.1, -0.05) is 33.1 Å². The van der Waals surface area contributed by atoms with E-state index in [9.17, 15) is 8.42 Å². The highest BCUT2D eigenvalue weighted by Crippen LogP contribution is 2.22. The van der Waals surface area contributed by atoms with Crippen molar-refractivity contribution in [2.75, 3.05) is 17.6 Å². The van der Waals surface area contributed by atoms with Gasteiger partial charge in [0.05, 0.1) is 5.69 Å². The Morgan fingerprint density at radius 1 is 1.30 bits per heavy atom. The van der Waals surface area contributed by atoms with E-state index in [0.29, 0.717) is 5.92 Å². The van der Waals surface area contributed by atoms with Crippen LogP contribution in [0.1, 0.15) is 39.5 Å². The van der Waals surface area contributed by atoms with E-state index < -0.39 is 10.0 Å². The first-order valence-corrected chi connectivity index (χ1v) is 8.59. The summed E-state index contributed by atoms with van der Waals surface area (Å²) in [5.41, 5.74) is 6.73. The van der Waals surface area contributed by atoms with Crippen molar-refractivity contribution in [3.05, 3.63) is 18.2 Å². The summed E-state index contributed by atoms with van der Waals surface area (Å²) in [4.78, 5) is -0.0268. The lowest BCUT2D eigenvalue weighted by Crippen LogP contribution is -2.16. The Morgan fingerprint density at radius 2 is 2.00 bits per heavy atom. The van der Waals surface area contributed by atoms with Gasteiger partial charge in [-0.15, -0.1) is 0 Å². The van der Waals surface area contributed by atoms with E-state index in [2.05, 4.69) is 19.2 Å². The fourth-order valence-electron chi connectivity index (χ4n) is 2.12. The van der Waals surface area contributed by atoms with Crippen LogP contribution >= 0.6 is 0 Å². The van der Waals surface area contributed by atoms with Gasteiger partial charge in [-0.2, -0.15) is 0 Å². The molecule has 1 aromatic rings. The molecule has 1 rings (SSSR count). The van der Waals surface area contributed by atoms with Crippen LogP contribution in [0, 0.1) is 5.92 Å². The molecule has 0 aromatic heterocycles. The molecule has 5 N–H and O–H groups in total. The molecule has 0 aliphatic carbocycles. The molecule has 1 aromatic carbocycles. The predicted molar refractivity (Wildman–Crippen MR) is 84.0 cm³/mol. The smallest absolute Gasteiger partial charge is 0.240 e. The van der Waals surface area contributed by atoms with E-state index in [0.717, 1.165) is 18.7 Å². The van der Waals surface area contributed by atoms with Gasteiger partial charge in [0.15, 0.2) is 0 Å². The van der Waals surface area contributed by atoms with Crippen LogP contribution in [0.5, 0.6) is 0 Å². The van der Waals surface area contributed by atoms with Crippen LogP contribution in [0.4, 0.5) is 11.4 Å². The summed E-state index contributed by atoms with van der Waals surface area (Å²) in [6.07, 6.45) is 4.75. The van der Waals surface area contributed by atoms with Crippen molar-refractivity contribution in [2.45, 2.75) is 44.4 Å². The summed E-state index contributed by atoms with van der Waals surface area (Å²) in [6, 6.07) is 4.76. The molecule has 0 amide bonds. The van der Waals surface area contributed by atoms with Gasteiger partial charge in [-0.05, 0) is 30.5 Å². The molecule has 6 heteroatoms. The minimum absolute atomic E-state index is 0.0268. The zero-order valence-electron chi connectivity index (χ0n) is 12.2. The number of primary sulfonamides is 1. The van der Waals surface area contributed by atoms with Crippen LogP contribution in [-0.2, 0) is 10.0 Å². The Morgan fingerprint density at radius 3 is 2.50 bits per heavy atom. The number of rotatable bonds is 8. The van der Waals surface area contributed by atoms with Gasteiger partial charge in [0, 0.05) is 12.2 Å². The van der Waals surface area contributed by atoms with Crippen LogP contribution in [0.3, 0.4) is 0 Å². The molecule has 0 saturated heterocycles. The first kappa shape index (κ1) is 16.8. The number of sulfonamides is 1. The molecular weight excluding hydrogens is 274 g/mol. The van der Waals surface area contributed by atoms with Crippen molar-refractivity contribution >= 4 is 21.4 Å². The minimum Gasteiger partial charge on any atom is -0.398 e. The lowest BCUT2D eigenvalue weighted by molar-refractivity contribution is 0.473. The van der Waals surface area contributed by atoms with Crippen LogP contribution < -0.4 is 16.2 Å². The summed E-state index contributed by atoms with van der Waals surface area (Å²) < 4.78 is 22.5. The molecule has 0 aliphatic rings. The Kier molecular flexibility index (Phi) is 6.29. The molecule has 114 valence electrons. The quantitative estimate of drug-likeness (QED) is 0.642. The standard InChI is InChI=1S/C14H25N3O2S/c1-3-5-6-11(4-2)10-17-12-7-8-14(13(15)9-12)20(16,18)19/h7-9,11,17H,3-6,10,15H2,1-2H3,(H2,16,18,19). The van der Waals surface area contributed by atoms with Crippen LogP contribution in [0.2, 0.25) is 0 Å². The molecule has 0 aliphatic heterocycles. The van der Waals surface area contributed by atoms with E-state index in [1.54, 1.807) is 12.1 Å². The number of hydrogen-bond donors (Lipinski definition) is 3. The summed E-state index contributed by atoms with van der Waals surface area (Å²) in [7, 11) is -3.75. The molecule has 0 fully saturated rings. The van der Waals surface area contributed by atoms with Crippen molar-refractivity contribution in [2.24, 2.45) is 11.1 Å². The van der Waals surface area contributed by atoms with E-state index in [1.807, 2.05) is 0 Å². The first-order valence-electron chi connectivity index (χ1n) is 7.04. The molecule has 1 unspecified atom stereocenters. The SMILES string of the molecule is CCCCC(CC)CNc1ccc(S(N)(=O)=O)c(N)c1. The third kappa shape index (κ3) is 5.02. The van der Waals surface area contributed by atoms with Crippen LogP contribution in [0.25, 0.3) is 0 Å². The number of nitrogens with two attached hydrogens (primary N) is 2. The van der Waals surface area contributed by atoms with Crippen LogP contribution in [-0.4, -0.2) is 15.0 Å². The molecule has 20 heavy (non-hydrogen) atoms. The molecule has 0 radical (unpaired) electrons. The normalized spacial score (nSPS) is 13.2. The molecule has 1 atom stereocenters. The average molecular weight is 299 g/mol. The third-order valence-electron chi connectivity index (χ3n) is 3.45. The maximum Gasteiger partial charge on any atom is 0.240 e. The maximum atomic E-state index is 11.3. The van der Waals surface area contributed by atoms with E-state index in [1.165, 1.54) is 25.3 Å². The fourth-order valence-corrected chi connectivity index (χ4v) is 2.77. The molecular formula is C14H25N3O2S. The summed E-state index contributed by atoms with van der Waals surface area (Å²) in [5.74, 6) is 0.620. The van der Waals surface area contributed by atoms with E-state index >= 15 is 0 Å². The Balaban J connectivity index is 2.68.